The van der Waals surface area contributed by atoms with E-state index in [4.69, 9.17) is 17.4 Å². The number of rotatable bonds is 3. The third-order valence-corrected chi connectivity index (χ3v) is 3.44. The van der Waals surface area contributed by atoms with Crippen LogP contribution in [0.5, 0.6) is 0 Å². The van der Waals surface area contributed by atoms with Crippen molar-refractivity contribution < 1.29 is 0 Å². The molecule has 0 radical (unpaired) electrons. The highest BCUT2D eigenvalue weighted by molar-refractivity contribution is 6.30. The van der Waals surface area contributed by atoms with Crippen LogP contribution in [0.4, 0.5) is 0 Å². The summed E-state index contributed by atoms with van der Waals surface area (Å²) in [5.41, 5.74) is 7.04. The first kappa shape index (κ1) is 13.1. The van der Waals surface area contributed by atoms with Crippen molar-refractivity contribution >= 4 is 11.6 Å². The molecule has 0 aliphatic heterocycles. The third kappa shape index (κ3) is 2.27. The smallest absolute Gasteiger partial charge is 0.0746 e. The van der Waals surface area contributed by atoms with Crippen LogP contribution in [0.3, 0.4) is 0 Å². The van der Waals surface area contributed by atoms with E-state index < -0.39 is 0 Å². The average Bonchev–Trinajstić information content (AvgIpc) is 2.57. The van der Waals surface area contributed by atoms with Crippen molar-refractivity contribution in [1.29, 1.82) is 0 Å². The molecule has 0 spiro atoms. The van der Waals surface area contributed by atoms with Crippen LogP contribution >= 0.6 is 11.6 Å². The fourth-order valence-electron chi connectivity index (χ4n) is 2.24. The summed E-state index contributed by atoms with van der Waals surface area (Å²) in [4.78, 5) is 0. The monoisotopic (exact) mass is 264 g/mol. The van der Waals surface area contributed by atoms with Crippen LogP contribution in [0, 0.1) is 13.8 Å². The first-order chi connectivity index (χ1) is 8.54. The molecular weight excluding hydrogens is 248 g/mol. The Bertz CT molecular complexity index is 562. The summed E-state index contributed by atoms with van der Waals surface area (Å²) in [6.45, 7) is 4.02. The largest absolute Gasteiger partial charge is 0.272 e. The van der Waals surface area contributed by atoms with Gasteiger partial charge >= 0.3 is 0 Å². The minimum atomic E-state index is -0.0996. The highest BCUT2D eigenvalue weighted by Gasteiger charge is 2.20. The second-order valence-corrected chi connectivity index (χ2v) is 4.80. The molecule has 0 saturated carbocycles. The molecule has 1 aromatic carbocycles. The predicted molar refractivity (Wildman–Crippen MR) is 73.3 cm³/mol. The fourth-order valence-corrected chi connectivity index (χ4v) is 2.44. The number of aromatic nitrogens is 2. The topological polar surface area (TPSA) is 55.9 Å². The molecule has 0 aliphatic carbocycles. The highest BCUT2D eigenvalue weighted by Crippen LogP contribution is 2.28. The third-order valence-electron chi connectivity index (χ3n) is 3.20. The number of benzene rings is 1. The molecule has 1 heterocycles. The van der Waals surface area contributed by atoms with Crippen molar-refractivity contribution in [3.63, 3.8) is 0 Å². The molecule has 4 nitrogen and oxygen atoms in total. The molecule has 96 valence electrons. The molecular formula is C13H17ClN4. The van der Waals surface area contributed by atoms with Gasteiger partial charge in [0.05, 0.1) is 11.7 Å². The van der Waals surface area contributed by atoms with Gasteiger partial charge in [0.2, 0.25) is 0 Å². The molecule has 5 heteroatoms. The van der Waals surface area contributed by atoms with E-state index in [0.29, 0.717) is 5.02 Å². The van der Waals surface area contributed by atoms with E-state index in [1.807, 2.05) is 49.8 Å². The number of halogens is 1. The molecule has 3 N–H and O–H groups in total. The Hall–Kier alpha value is -1.36. The zero-order valence-electron chi connectivity index (χ0n) is 10.7. The molecule has 0 amide bonds. The maximum absolute atomic E-state index is 6.03. The van der Waals surface area contributed by atoms with Gasteiger partial charge in [-0.05, 0) is 31.5 Å². The molecule has 0 aliphatic rings. The van der Waals surface area contributed by atoms with Crippen molar-refractivity contribution in [2.45, 2.75) is 19.9 Å². The van der Waals surface area contributed by atoms with Crippen molar-refractivity contribution in [1.82, 2.24) is 15.2 Å². The molecule has 1 aromatic heterocycles. The van der Waals surface area contributed by atoms with Crippen LogP contribution in [-0.2, 0) is 7.05 Å². The summed E-state index contributed by atoms with van der Waals surface area (Å²) >= 11 is 6.03. The second kappa shape index (κ2) is 5.10. The lowest BCUT2D eigenvalue weighted by atomic mass is 9.98. The molecule has 0 saturated heterocycles. The zero-order chi connectivity index (χ0) is 13.3. The summed E-state index contributed by atoms with van der Waals surface area (Å²) in [5.74, 6) is 5.70. The molecule has 1 unspecified atom stereocenters. The molecule has 18 heavy (non-hydrogen) atoms. The molecule has 2 rings (SSSR count). The van der Waals surface area contributed by atoms with Gasteiger partial charge in [-0.15, -0.1) is 0 Å². The van der Waals surface area contributed by atoms with E-state index in [1.165, 1.54) is 0 Å². The first-order valence-corrected chi connectivity index (χ1v) is 6.14. The van der Waals surface area contributed by atoms with Gasteiger partial charge < -0.3 is 0 Å². The van der Waals surface area contributed by atoms with Crippen LogP contribution in [0.1, 0.15) is 28.6 Å². The Morgan fingerprint density at radius 2 is 2.11 bits per heavy atom. The average molecular weight is 265 g/mol. The lowest BCUT2D eigenvalue weighted by molar-refractivity contribution is 0.628. The normalized spacial score (nSPS) is 12.7. The van der Waals surface area contributed by atoms with Gasteiger partial charge in [0.15, 0.2) is 0 Å². The van der Waals surface area contributed by atoms with Crippen molar-refractivity contribution in [2.75, 3.05) is 0 Å². The SMILES string of the molecule is Cc1nn(C)c(C)c1C(NN)c1cccc(Cl)c1. The summed E-state index contributed by atoms with van der Waals surface area (Å²) in [7, 11) is 1.93. The van der Waals surface area contributed by atoms with Gasteiger partial charge in [-0.2, -0.15) is 5.10 Å². The minimum Gasteiger partial charge on any atom is -0.272 e. The number of nitrogens with one attached hydrogen (secondary N) is 1. The van der Waals surface area contributed by atoms with Gasteiger partial charge in [-0.25, -0.2) is 5.43 Å². The van der Waals surface area contributed by atoms with Crippen LogP contribution in [-0.4, -0.2) is 9.78 Å². The summed E-state index contributed by atoms with van der Waals surface area (Å²) in [6.07, 6.45) is 0. The summed E-state index contributed by atoms with van der Waals surface area (Å²) in [6, 6.07) is 7.59. The number of hydrogen-bond donors (Lipinski definition) is 2. The summed E-state index contributed by atoms with van der Waals surface area (Å²) < 4.78 is 1.86. The van der Waals surface area contributed by atoms with E-state index in [9.17, 15) is 0 Å². The quantitative estimate of drug-likeness (QED) is 0.660. The van der Waals surface area contributed by atoms with Gasteiger partial charge in [0, 0.05) is 23.3 Å². The number of hydrazine groups is 1. The lowest BCUT2D eigenvalue weighted by Crippen LogP contribution is -2.29. The number of hydrogen-bond acceptors (Lipinski definition) is 3. The van der Waals surface area contributed by atoms with Crippen LogP contribution in [0.2, 0.25) is 5.02 Å². The van der Waals surface area contributed by atoms with E-state index in [2.05, 4.69) is 10.5 Å². The van der Waals surface area contributed by atoms with Crippen LogP contribution in [0.15, 0.2) is 24.3 Å². The Morgan fingerprint density at radius 1 is 1.39 bits per heavy atom. The Kier molecular flexibility index (Phi) is 3.71. The van der Waals surface area contributed by atoms with E-state index >= 15 is 0 Å². The standard InChI is InChI=1S/C13H17ClN4/c1-8-12(9(2)18(3)17-8)13(16-15)10-5-4-6-11(14)7-10/h4-7,13,16H,15H2,1-3H3. The van der Waals surface area contributed by atoms with Gasteiger partial charge in [-0.3, -0.25) is 10.5 Å². The Labute approximate surface area is 112 Å². The lowest BCUT2D eigenvalue weighted by Gasteiger charge is -2.17. The van der Waals surface area contributed by atoms with E-state index in [0.717, 1.165) is 22.5 Å². The van der Waals surface area contributed by atoms with Crippen molar-refractivity contribution in [3.05, 3.63) is 51.8 Å². The van der Waals surface area contributed by atoms with Crippen molar-refractivity contribution in [3.8, 4) is 0 Å². The Balaban J connectivity index is 2.52. The molecule has 2 aromatic rings. The first-order valence-electron chi connectivity index (χ1n) is 5.76. The number of nitrogens with zero attached hydrogens (tertiary/aromatic N) is 2. The number of aryl methyl sites for hydroxylation is 2. The molecule has 1 atom stereocenters. The number of nitrogens with two attached hydrogens (primary N) is 1. The maximum Gasteiger partial charge on any atom is 0.0746 e. The maximum atomic E-state index is 6.03. The Morgan fingerprint density at radius 3 is 2.61 bits per heavy atom. The fraction of sp³-hybridized carbons (Fsp3) is 0.308. The van der Waals surface area contributed by atoms with Gasteiger partial charge in [-0.1, -0.05) is 23.7 Å². The van der Waals surface area contributed by atoms with Gasteiger partial charge in [0.1, 0.15) is 0 Å². The minimum absolute atomic E-state index is 0.0996. The van der Waals surface area contributed by atoms with Crippen LogP contribution < -0.4 is 11.3 Å². The summed E-state index contributed by atoms with van der Waals surface area (Å²) in [5, 5.41) is 5.12. The van der Waals surface area contributed by atoms with Crippen molar-refractivity contribution in [2.24, 2.45) is 12.9 Å². The zero-order valence-corrected chi connectivity index (χ0v) is 11.5. The molecule has 0 bridgehead atoms. The second-order valence-electron chi connectivity index (χ2n) is 4.36. The van der Waals surface area contributed by atoms with E-state index in [-0.39, 0.29) is 6.04 Å². The van der Waals surface area contributed by atoms with Gasteiger partial charge in [0.25, 0.3) is 0 Å². The highest BCUT2D eigenvalue weighted by atomic mass is 35.5. The molecule has 0 fully saturated rings. The predicted octanol–water partition coefficient (Wildman–Crippen LogP) is 2.24. The van der Waals surface area contributed by atoms with Crippen LogP contribution in [0.25, 0.3) is 0 Å². The van der Waals surface area contributed by atoms with E-state index in [1.54, 1.807) is 0 Å².